The van der Waals surface area contributed by atoms with Crippen LogP contribution < -0.4 is 15.1 Å². The second-order valence-corrected chi connectivity index (χ2v) is 9.69. The SMILES string of the molecule is CN1C(=S)[C@@H](NC(=O)c2n[nH]c(Cc3ccccc3)n2)CSc2cc(N3CCCC3)ncc21. The largest absolute Gasteiger partial charge is 0.357 e. The van der Waals surface area contributed by atoms with Crippen molar-refractivity contribution >= 4 is 46.4 Å². The van der Waals surface area contributed by atoms with Crippen molar-refractivity contribution < 1.29 is 4.79 Å². The Balaban J connectivity index is 1.27. The Hall–Kier alpha value is -2.98. The Labute approximate surface area is 202 Å². The third kappa shape index (κ3) is 4.72. The molecule has 3 aromatic rings. The Kier molecular flexibility index (Phi) is 6.28. The van der Waals surface area contributed by atoms with E-state index in [1.54, 1.807) is 11.8 Å². The highest BCUT2D eigenvalue weighted by molar-refractivity contribution is 7.99. The van der Waals surface area contributed by atoms with Crippen LogP contribution in [0.2, 0.25) is 0 Å². The molecule has 1 aromatic carbocycles. The van der Waals surface area contributed by atoms with Gasteiger partial charge in [0, 0.05) is 37.2 Å². The minimum Gasteiger partial charge on any atom is -0.357 e. The summed E-state index contributed by atoms with van der Waals surface area (Å²) in [4.78, 5) is 28.0. The van der Waals surface area contributed by atoms with Crippen molar-refractivity contribution in [3.05, 3.63) is 59.8 Å². The number of anilines is 2. The maximum Gasteiger partial charge on any atom is 0.291 e. The van der Waals surface area contributed by atoms with Crippen LogP contribution in [-0.4, -0.2) is 63.0 Å². The van der Waals surface area contributed by atoms with Gasteiger partial charge in [-0.1, -0.05) is 42.5 Å². The van der Waals surface area contributed by atoms with Crippen LogP contribution in [0.25, 0.3) is 0 Å². The van der Waals surface area contributed by atoms with E-state index in [2.05, 4.69) is 36.4 Å². The van der Waals surface area contributed by atoms with E-state index in [1.807, 2.05) is 48.5 Å². The zero-order valence-corrected chi connectivity index (χ0v) is 20.0. The molecule has 10 heteroatoms. The number of hydrogen-bond donors (Lipinski definition) is 2. The van der Waals surface area contributed by atoms with E-state index in [9.17, 15) is 4.79 Å². The number of thiocarbonyl (C=S) groups is 1. The van der Waals surface area contributed by atoms with Crippen molar-refractivity contribution in [1.29, 1.82) is 0 Å². The Morgan fingerprint density at radius 3 is 2.85 bits per heavy atom. The van der Waals surface area contributed by atoms with Crippen molar-refractivity contribution in [2.75, 3.05) is 35.7 Å². The number of aromatic amines is 1. The number of nitrogens with zero attached hydrogens (tertiary/aromatic N) is 5. The summed E-state index contributed by atoms with van der Waals surface area (Å²) in [5.41, 5.74) is 2.07. The van der Waals surface area contributed by atoms with E-state index in [0.717, 1.165) is 35.1 Å². The molecule has 8 nitrogen and oxygen atoms in total. The van der Waals surface area contributed by atoms with Gasteiger partial charge >= 0.3 is 0 Å². The molecule has 1 saturated heterocycles. The Morgan fingerprint density at radius 1 is 1.27 bits per heavy atom. The molecule has 1 amide bonds. The molecule has 1 fully saturated rings. The summed E-state index contributed by atoms with van der Waals surface area (Å²) in [5.74, 6) is 2.07. The summed E-state index contributed by atoms with van der Waals surface area (Å²) >= 11 is 7.41. The first-order valence-electron chi connectivity index (χ1n) is 11.0. The molecule has 0 radical (unpaired) electrons. The summed E-state index contributed by atoms with van der Waals surface area (Å²) in [6.45, 7) is 2.10. The number of hydrogen-bond acceptors (Lipinski definition) is 7. The predicted octanol–water partition coefficient (Wildman–Crippen LogP) is 3.06. The molecule has 33 heavy (non-hydrogen) atoms. The van der Waals surface area contributed by atoms with Crippen LogP contribution >= 0.6 is 24.0 Å². The fraction of sp³-hybridized carbons (Fsp3) is 0.348. The number of nitrogens with one attached hydrogen (secondary N) is 2. The summed E-state index contributed by atoms with van der Waals surface area (Å²) in [5, 5.41) is 10.0. The second kappa shape index (κ2) is 9.48. The molecular formula is C23H25N7OS2. The quantitative estimate of drug-likeness (QED) is 0.540. The summed E-state index contributed by atoms with van der Waals surface area (Å²) in [6.07, 6.45) is 4.89. The number of aromatic nitrogens is 4. The lowest BCUT2D eigenvalue weighted by molar-refractivity contribution is 0.0940. The minimum atomic E-state index is -0.339. The first-order valence-corrected chi connectivity index (χ1v) is 12.4. The van der Waals surface area contributed by atoms with Gasteiger partial charge in [-0.15, -0.1) is 16.9 Å². The summed E-state index contributed by atoms with van der Waals surface area (Å²) in [7, 11) is 1.92. The number of fused-ring (bicyclic) bond motifs is 1. The van der Waals surface area contributed by atoms with Gasteiger partial charge in [-0.05, 0) is 24.5 Å². The maximum absolute atomic E-state index is 12.9. The van der Waals surface area contributed by atoms with E-state index >= 15 is 0 Å². The monoisotopic (exact) mass is 479 g/mol. The molecule has 2 aliphatic rings. The van der Waals surface area contributed by atoms with E-state index in [4.69, 9.17) is 12.2 Å². The molecule has 2 N–H and O–H groups in total. The van der Waals surface area contributed by atoms with E-state index in [1.165, 1.54) is 12.8 Å². The van der Waals surface area contributed by atoms with Gasteiger partial charge in [0.1, 0.15) is 16.6 Å². The molecule has 0 aliphatic carbocycles. The van der Waals surface area contributed by atoms with Gasteiger partial charge in [0.25, 0.3) is 5.91 Å². The van der Waals surface area contributed by atoms with Gasteiger partial charge < -0.3 is 15.1 Å². The third-order valence-electron chi connectivity index (χ3n) is 5.91. The highest BCUT2D eigenvalue weighted by Gasteiger charge is 2.29. The lowest BCUT2D eigenvalue weighted by Gasteiger charge is -2.24. The van der Waals surface area contributed by atoms with Crippen molar-refractivity contribution in [3.8, 4) is 0 Å². The first-order chi connectivity index (χ1) is 16.1. The Morgan fingerprint density at radius 2 is 2.06 bits per heavy atom. The molecule has 0 saturated carbocycles. The summed E-state index contributed by atoms with van der Waals surface area (Å²) in [6, 6.07) is 11.8. The van der Waals surface area contributed by atoms with Crippen LogP contribution in [-0.2, 0) is 6.42 Å². The third-order valence-corrected chi connectivity index (χ3v) is 7.61. The standard InChI is InChI=1S/C23H25N7OS2/c1-29-17-13-24-20(30-9-5-6-10-30)12-18(17)33-14-16(23(29)32)25-22(31)21-26-19(27-28-21)11-15-7-3-2-4-8-15/h2-4,7-8,12-13,16H,5-6,9-11,14H2,1H3,(H,25,31)(H,26,27,28)/t16-/m0/s1. The number of benzene rings is 1. The highest BCUT2D eigenvalue weighted by Crippen LogP contribution is 2.36. The molecule has 1 atom stereocenters. The first kappa shape index (κ1) is 21.8. The molecule has 170 valence electrons. The smallest absolute Gasteiger partial charge is 0.291 e. The van der Waals surface area contributed by atoms with E-state index < -0.39 is 0 Å². The van der Waals surface area contributed by atoms with Crippen LogP contribution in [0, 0.1) is 0 Å². The zero-order valence-electron chi connectivity index (χ0n) is 18.3. The second-order valence-electron chi connectivity index (χ2n) is 8.21. The lowest BCUT2D eigenvalue weighted by Crippen LogP contribution is -2.47. The molecule has 0 unspecified atom stereocenters. The predicted molar refractivity (Wildman–Crippen MR) is 134 cm³/mol. The molecule has 5 rings (SSSR count). The van der Waals surface area contributed by atoms with Gasteiger partial charge in [0.2, 0.25) is 5.82 Å². The molecule has 0 bridgehead atoms. The molecular weight excluding hydrogens is 454 g/mol. The molecule has 2 aliphatic heterocycles. The number of likely N-dealkylation sites (N-methyl/N-ethyl adjacent to an activating group) is 1. The molecule has 4 heterocycles. The number of H-pyrrole nitrogens is 1. The van der Waals surface area contributed by atoms with Crippen LogP contribution in [0.5, 0.6) is 0 Å². The van der Waals surface area contributed by atoms with Gasteiger partial charge in [-0.25, -0.2) is 9.97 Å². The lowest BCUT2D eigenvalue weighted by atomic mass is 10.1. The van der Waals surface area contributed by atoms with Gasteiger partial charge in [0.05, 0.1) is 17.9 Å². The van der Waals surface area contributed by atoms with Crippen molar-refractivity contribution in [2.24, 2.45) is 0 Å². The minimum absolute atomic E-state index is 0.121. The number of rotatable bonds is 5. The van der Waals surface area contributed by atoms with Gasteiger partial charge in [0.15, 0.2) is 0 Å². The maximum atomic E-state index is 12.9. The average molecular weight is 480 g/mol. The summed E-state index contributed by atoms with van der Waals surface area (Å²) < 4.78 is 0. The number of carbonyl (C=O) groups is 1. The van der Waals surface area contributed by atoms with Crippen molar-refractivity contribution in [1.82, 2.24) is 25.5 Å². The van der Waals surface area contributed by atoms with Crippen molar-refractivity contribution in [3.63, 3.8) is 0 Å². The Bertz CT molecular complexity index is 1160. The van der Waals surface area contributed by atoms with Gasteiger partial charge in [-0.3, -0.25) is 9.89 Å². The molecule has 2 aromatic heterocycles. The normalized spacial score (nSPS) is 18.2. The fourth-order valence-electron chi connectivity index (χ4n) is 4.09. The highest BCUT2D eigenvalue weighted by atomic mass is 32.2. The fourth-order valence-corrected chi connectivity index (χ4v) is 5.55. The number of carbonyl (C=O) groups excluding carboxylic acids is 1. The van der Waals surface area contributed by atoms with Crippen LogP contribution in [0.1, 0.15) is 34.8 Å². The number of pyridine rings is 1. The topological polar surface area (TPSA) is 90.0 Å². The molecule has 0 spiro atoms. The van der Waals surface area contributed by atoms with Crippen LogP contribution in [0.3, 0.4) is 0 Å². The van der Waals surface area contributed by atoms with Crippen LogP contribution in [0.15, 0.2) is 47.5 Å². The number of amides is 1. The van der Waals surface area contributed by atoms with Crippen molar-refractivity contribution in [2.45, 2.75) is 30.2 Å². The van der Waals surface area contributed by atoms with E-state index in [-0.39, 0.29) is 17.8 Å². The van der Waals surface area contributed by atoms with Gasteiger partial charge in [-0.2, -0.15) is 0 Å². The van der Waals surface area contributed by atoms with Crippen LogP contribution in [0.4, 0.5) is 11.5 Å². The van der Waals surface area contributed by atoms with E-state index in [0.29, 0.717) is 23.0 Å². The average Bonchev–Trinajstić information content (AvgIpc) is 3.52. The number of thioether (sulfide) groups is 1. The zero-order chi connectivity index (χ0) is 22.8.